The SMILES string of the molecule is O=C(CN1CCS(=O)(=O)CC1)Nc1cc(C(F)(F)F)ccc1Cl. The van der Waals surface area contributed by atoms with Gasteiger partial charge in [-0.25, -0.2) is 8.42 Å². The van der Waals surface area contributed by atoms with E-state index >= 15 is 0 Å². The fraction of sp³-hybridized carbons (Fsp3) is 0.462. The highest BCUT2D eigenvalue weighted by atomic mass is 35.5. The third kappa shape index (κ3) is 5.08. The van der Waals surface area contributed by atoms with Crippen LogP contribution >= 0.6 is 11.6 Å². The van der Waals surface area contributed by atoms with Gasteiger partial charge in [0, 0.05) is 13.1 Å². The normalized spacial score (nSPS) is 18.6. The van der Waals surface area contributed by atoms with E-state index in [4.69, 9.17) is 11.6 Å². The fourth-order valence-electron chi connectivity index (χ4n) is 2.10. The Morgan fingerprint density at radius 1 is 1.26 bits per heavy atom. The van der Waals surface area contributed by atoms with Crippen LogP contribution in [0.15, 0.2) is 18.2 Å². The van der Waals surface area contributed by atoms with E-state index in [-0.39, 0.29) is 41.8 Å². The lowest BCUT2D eigenvalue weighted by Crippen LogP contribution is -2.43. The first kappa shape index (κ1) is 18.0. The van der Waals surface area contributed by atoms with Gasteiger partial charge in [-0.15, -0.1) is 0 Å². The van der Waals surface area contributed by atoms with E-state index in [0.29, 0.717) is 0 Å². The summed E-state index contributed by atoms with van der Waals surface area (Å²) in [6, 6.07) is 2.65. The number of nitrogens with zero attached hydrogens (tertiary/aromatic N) is 1. The number of anilines is 1. The molecule has 1 fully saturated rings. The quantitative estimate of drug-likeness (QED) is 0.884. The minimum absolute atomic E-state index is 0.00688. The third-order valence-electron chi connectivity index (χ3n) is 3.37. The molecule has 1 heterocycles. The second-order valence-electron chi connectivity index (χ2n) is 5.17. The van der Waals surface area contributed by atoms with Crippen molar-refractivity contribution in [2.75, 3.05) is 36.5 Å². The molecule has 128 valence electrons. The van der Waals surface area contributed by atoms with Crippen molar-refractivity contribution in [3.05, 3.63) is 28.8 Å². The van der Waals surface area contributed by atoms with Crippen molar-refractivity contribution in [3.8, 4) is 0 Å². The topological polar surface area (TPSA) is 66.5 Å². The van der Waals surface area contributed by atoms with Crippen LogP contribution in [0.1, 0.15) is 5.56 Å². The lowest BCUT2D eigenvalue weighted by atomic mass is 10.2. The number of benzene rings is 1. The van der Waals surface area contributed by atoms with Gasteiger partial charge in [0.05, 0.1) is 34.3 Å². The van der Waals surface area contributed by atoms with Gasteiger partial charge in [0.2, 0.25) is 5.91 Å². The Kier molecular flexibility index (Phi) is 5.22. The molecule has 0 bridgehead atoms. The molecule has 23 heavy (non-hydrogen) atoms. The molecular weight excluding hydrogens is 357 g/mol. The number of halogens is 4. The van der Waals surface area contributed by atoms with Crippen molar-refractivity contribution < 1.29 is 26.4 Å². The maximum atomic E-state index is 12.7. The number of hydrogen-bond acceptors (Lipinski definition) is 4. The van der Waals surface area contributed by atoms with Crippen LogP contribution in [-0.2, 0) is 20.8 Å². The Hall–Kier alpha value is -1.32. The van der Waals surface area contributed by atoms with Crippen molar-refractivity contribution in [2.24, 2.45) is 0 Å². The predicted molar refractivity (Wildman–Crippen MR) is 80.2 cm³/mol. The summed E-state index contributed by atoms with van der Waals surface area (Å²) in [5.74, 6) is -0.625. The van der Waals surface area contributed by atoms with Gasteiger partial charge in [-0.3, -0.25) is 9.69 Å². The summed E-state index contributed by atoms with van der Waals surface area (Å²) < 4.78 is 60.6. The standard InChI is InChI=1S/C13H14ClF3N2O3S/c14-10-2-1-9(13(15,16)17)7-11(10)18-12(20)8-19-3-5-23(21,22)6-4-19/h1-2,7H,3-6,8H2,(H,18,20). The van der Waals surface area contributed by atoms with E-state index in [9.17, 15) is 26.4 Å². The molecule has 1 amide bonds. The van der Waals surface area contributed by atoms with E-state index in [2.05, 4.69) is 5.32 Å². The van der Waals surface area contributed by atoms with Crippen LogP contribution in [0, 0.1) is 0 Å². The maximum absolute atomic E-state index is 12.7. The van der Waals surface area contributed by atoms with E-state index in [0.717, 1.165) is 18.2 Å². The first-order chi connectivity index (χ1) is 10.6. The molecule has 1 aliphatic rings. The van der Waals surface area contributed by atoms with Gasteiger partial charge in [0.25, 0.3) is 0 Å². The number of carbonyl (C=O) groups excluding carboxylic acids is 1. The lowest BCUT2D eigenvalue weighted by molar-refractivity contribution is -0.137. The van der Waals surface area contributed by atoms with Gasteiger partial charge in [0.15, 0.2) is 9.84 Å². The molecule has 2 rings (SSSR count). The molecule has 0 atom stereocenters. The average molecular weight is 371 g/mol. The van der Waals surface area contributed by atoms with E-state index < -0.39 is 27.5 Å². The largest absolute Gasteiger partial charge is 0.416 e. The summed E-state index contributed by atoms with van der Waals surface area (Å²) in [6.07, 6.45) is -4.54. The number of alkyl halides is 3. The summed E-state index contributed by atoms with van der Waals surface area (Å²) in [5.41, 5.74) is -1.04. The van der Waals surface area contributed by atoms with Gasteiger partial charge in [-0.2, -0.15) is 13.2 Å². The van der Waals surface area contributed by atoms with Crippen molar-refractivity contribution in [2.45, 2.75) is 6.18 Å². The Bertz CT molecular complexity index is 693. The van der Waals surface area contributed by atoms with Crippen molar-refractivity contribution >= 4 is 33.0 Å². The predicted octanol–water partition coefficient (Wildman–Crippen LogP) is 2.03. The number of sulfone groups is 1. The zero-order valence-corrected chi connectivity index (χ0v) is 13.4. The Morgan fingerprint density at radius 3 is 2.43 bits per heavy atom. The monoisotopic (exact) mass is 370 g/mol. The molecule has 1 aromatic carbocycles. The lowest BCUT2D eigenvalue weighted by Gasteiger charge is -2.25. The molecule has 0 aromatic heterocycles. The number of carbonyl (C=O) groups is 1. The minimum Gasteiger partial charge on any atom is -0.324 e. The summed E-state index contributed by atoms with van der Waals surface area (Å²) >= 11 is 5.80. The minimum atomic E-state index is -4.54. The maximum Gasteiger partial charge on any atom is 0.416 e. The Balaban J connectivity index is 2.00. The van der Waals surface area contributed by atoms with Crippen LogP contribution in [-0.4, -0.2) is 50.4 Å². The third-order valence-corrected chi connectivity index (χ3v) is 5.31. The van der Waals surface area contributed by atoms with Crippen LogP contribution in [0.4, 0.5) is 18.9 Å². The summed E-state index contributed by atoms with van der Waals surface area (Å²) in [5, 5.41) is 2.32. The van der Waals surface area contributed by atoms with Crippen molar-refractivity contribution in [1.29, 1.82) is 0 Å². The van der Waals surface area contributed by atoms with Gasteiger partial charge in [-0.1, -0.05) is 11.6 Å². The Labute approximate surface area is 136 Å². The van der Waals surface area contributed by atoms with Crippen LogP contribution in [0.3, 0.4) is 0 Å². The smallest absolute Gasteiger partial charge is 0.324 e. The van der Waals surface area contributed by atoms with Gasteiger partial charge >= 0.3 is 6.18 Å². The molecule has 0 saturated carbocycles. The molecule has 1 aliphatic heterocycles. The zero-order valence-electron chi connectivity index (χ0n) is 11.9. The van der Waals surface area contributed by atoms with Gasteiger partial charge in [0.1, 0.15) is 0 Å². The number of rotatable bonds is 3. The highest BCUT2D eigenvalue weighted by molar-refractivity contribution is 7.91. The fourth-order valence-corrected chi connectivity index (χ4v) is 3.54. The van der Waals surface area contributed by atoms with Crippen molar-refractivity contribution in [3.63, 3.8) is 0 Å². The van der Waals surface area contributed by atoms with Crippen molar-refractivity contribution in [1.82, 2.24) is 4.90 Å². The molecule has 0 radical (unpaired) electrons. The summed E-state index contributed by atoms with van der Waals surface area (Å²) in [7, 11) is -3.06. The van der Waals surface area contributed by atoms with E-state index in [1.165, 1.54) is 0 Å². The molecule has 1 saturated heterocycles. The number of nitrogens with one attached hydrogen (secondary N) is 1. The molecular formula is C13H14ClF3N2O3S. The highest BCUT2D eigenvalue weighted by Crippen LogP contribution is 2.33. The first-order valence-electron chi connectivity index (χ1n) is 6.66. The number of hydrogen-bond donors (Lipinski definition) is 1. The molecule has 0 spiro atoms. The van der Waals surface area contributed by atoms with E-state index in [1.807, 2.05) is 0 Å². The molecule has 0 unspecified atom stereocenters. The molecule has 0 aliphatic carbocycles. The highest BCUT2D eigenvalue weighted by Gasteiger charge is 2.31. The molecule has 5 nitrogen and oxygen atoms in total. The molecule has 10 heteroatoms. The summed E-state index contributed by atoms with van der Waals surface area (Å²) in [6.45, 7) is 0.320. The van der Waals surface area contributed by atoms with Gasteiger partial charge in [-0.05, 0) is 18.2 Å². The van der Waals surface area contributed by atoms with E-state index in [1.54, 1.807) is 4.90 Å². The van der Waals surface area contributed by atoms with Crippen LogP contribution < -0.4 is 5.32 Å². The zero-order chi connectivity index (χ0) is 17.3. The van der Waals surface area contributed by atoms with Crippen LogP contribution in [0.2, 0.25) is 5.02 Å². The molecule has 1 N–H and O–H groups in total. The van der Waals surface area contributed by atoms with Gasteiger partial charge < -0.3 is 5.32 Å². The Morgan fingerprint density at radius 2 is 1.87 bits per heavy atom. The van der Waals surface area contributed by atoms with Crippen LogP contribution in [0.25, 0.3) is 0 Å². The summed E-state index contributed by atoms with van der Waals surface area (Å²) in [4.78, 5) is 13.5. The second kappa shape index (κ2) is 6.66. The second-order valence-corrected chi connectivity index (χ2v) is 7.88. The van der Waals surface area contributed by atoms with Crippen LogP contribution in [0.5, 0.6) is 0 Å². The average Bonchev–Trinajstić information content (AvgIpc) is 2.42. The first-order valence-corrected chi connectivity index (χ1v) is 8.86. The molecule has 1 aromatic rings. The number of amides is 1.